The van der Waals surface area contributed by atoms with E-state index in [4.69, 9.17) is 16.3 Å². The lowest BCUT2D eigenvalue weighted by atomic mass is 9.98. The number of piperazine rings is 1. The maximum atomic E-state index is 12.2. The van der Waals surface area contributed by atoms with Crippen molar-refractivity contribution in [3.05, 3.63) is 28.8 Å². The van der Waals surface area contributed by atoms with Gasteiger partial charge in [0, 0.05) is 69.1 Å². The van der Waals surface area contributed by atoms with Gasteiger partial charge in [0.05, 0.1) is 12.5 Å². The van der Waals surface area contributed by atoms with Crippen LogP contribution in [0.4, 0.5) is 5.69 Å². The number of nitrogens with zero attached hydrogens (tertiary/aromatic N) is 4. The molecule has 0 spiro atoms. The number of piperidine rings is 1. The summed E-state index contributed by atoms with van der Waals surface area (Å²) < 4.78 is 5.23. The Balaban J connectivity index is 1.67. The number of carbonyl (C=O) groups is 1. The second-order valence-corrected chi connectivity index (χ2v) is 8.37. The number of aliphatic imine (C=N–C) groups is 1. The predicted molar refractivity (Wildman–Crippen MR) is 122 cm³/mol. The number of carbonyl (C=O) groups excluding carboxylic acids is 1. The first-order valence-electron chi connectivity index (χ1n) is 10.9. The third-order valence-electron chi connectivity index (χ3n) is 5.91. The lowest BCUT2D eigenvalue weighted by molar-refractivity contribution is -0.149. The number of likely N-dealkylation sites (N-methyl/N-ethyl adjacent to an activating group) is 1. The van der Waals surface area contributed by atoms with Crippen LogP contribution in [0.1, 0.15) is 25.3 Å². The Bertz CT molecular complexity index is 749. The molecule has 0 amide bonds. The van der Waals surface area contributed by atoms with Gasteiger partial charge in [0.1, 0.15) is 0 Å². The van der Waals surface area contributed by atoms with Crippen LogP contribution in [-0.4, -0.2) is 81.7 Å². The fourth-order valence-electron chi connectivity index (χ4n) is 4.19. The van der Waals surface area contributed by atoms with Crippen molar-refractivity contribution < 1.29 is 9.53 Å². The maximum absolute atomic E-state index is 12.2. The van der Waals surface area contributed by atoms with Crippen LogP contribution in [-0.2, 0) is 16.1 Å². The molecular weight excluding hydrogens is 402 g/mol. The first-order chi connectivity index (χ1) is 14.5. The van der Waals surface area contributed by atoms with E-state index >= 15 is 0 Å². The topological polar surface area (TPSA) is 60.4 Å². The molecular formula is C22H34ClN5O2. The van der Waals surface area contributed by atoms with Crippen molar-refractivity contribution >= 4 is 29.2 Å². The van der Waals surface area contributed by atoms with Crippen molar-refractivity contribution in [2.24, 2.45) is 10.9 Å². The number of ether oxygens (including phenoxy) is 1. The smallest absolute Gasteiger partial charge is 0.310 e. The summed E-state index contributed by atoms with van der Waals surface area (Å²) in [5.74, 6) is 0.591. The minimum atomic E-state index is -0.110. The van der Waals surface area contributed by atoms with E-state index in [1.807, 2.05) is 19.1 Å². The number of guanidine groups is 1. The Hall–Kier alpha value is -1.99. The molecule has 0 saturated carbocycles. The molecule has 30 heavy (non-hydrogen) atoms. The Morgan fingerprint density at radius 1 is 1.27 bits per heavy atom. The number of rotatable bonds is 5. The van der Waals surface area contributed by atoms with Crippen molar-refractivity contribution in [3.8, 4) is 0 Å². The van der Waals surface area contributed by atoms with E-state index in [0.717, 1.165) is 62.1 Å². The van der Waals surface area contributed by atoms with Gasteiger partial charge >= 0.3 is 5.97 Å². The zero-order chi connectivity index (χ0) is 21.5. The molecule has 166 valence electrons. The van der Waals surface area contributed by atoms with Gasteiger partial charge in [0.2, 0.25) is 0 Å². The highest BCUT2D eigenvalue weighted by molar-refractivity contribution is 6.31. The second-order valence-electron chi connectivity index (χ2n) is 7.97. The summed E-state index contributed by atoms with van der Waals surface area (Å²) in [4.78, 5) is 23.6. The van der Waals surface area contributed by atoms with Gasteiger partial charge in [0.25, 0.3) is 0 Å². The minimum Gasteiger partial charge on any atom is -0.466 e. The van der Waals surface area contributed by atoms with Crippen molar-refractivity contribution in [3.63, 3.8) is 0 Å². The van der Waals surface area contributed by atoms with Gasteiger partial charge in [0.15, 0.2) is 5.96 Å². The lowest BCUT2D eigenvalue weighted by Crippen LogP contribution is -2.48. The van der Waals surface area contributed by atoms with E-state index in [-0.39, 0.29) is 11.9 Å². The Morgan fingerprint density at radius 3 is 2.73 bits per heavy atom. The van der Waals surface area contributed by atoms with Crippen LogP contribution in [0.5, 0.6) is 0 Å². The van der Waals surface area contributed by atoms with E-state index in [1.54, 1.807) is 7.05 Å². The van der Waals surface area contributed by atoms with Crippen molar-refractivity contribution in [2.45, 2.75) is 26.3 Å². The number of likely N-dealkylation sites (tertiary alicyclic amines) is 1. The first-order valence-corrected chi connectivity index (χ1v) is 11.2. The minimum absolute atomic E-state index is 0.0986. The van der Waals surface area contributed by atoms with E-state index in [9.17, 15) is 4.79 Å². The Morgan fingerprint density at radius 2 is 2.03 bits per heavy atom. The highest BCUT2D eigenvalue weighted by Gasteiger charge is 2.28. The number of hydrogen-bond donors (Lipinski definition) is 1. The molecule has 1 unspecified atom stereocenters. The van der Waals surface area contributed by atoms with Gasteiger partial charge in [-0.3, -0.25) is 9.79 Å². The molecule has 3 rings (SSSR count). The van der Waals surface area contributed by atoms with Crippen LogP contribution in [0.2, 0.25) is 5.02 Å². The van der Waals surface area contributed by atoms with E-state index < -0.39 is 0 Å². The van der Waals surface area contributed by atoms with E-state index in [2.05, 4.69) is 38.1 Å². The van der Waals surface area contributed by atoms with Crippen LogP contribution < -0.4 is 10.2 Å². The summed E-state index contributed by atoms with van der Waals surface area (Å²) in [5, 5.41) is 4.24. The second kappa shape index (κ2) is 10.9. The molecule has 0 aromatic heterocycles. The van der Waals surface area contributed by atoms with Gasteiger partial charge in [-0.05, 0) is 38.9 Å². The molecule has 1 aromatic rings. The molecule has 2 aliphatic heterocycles. The zero-order valence-electron chi connectivity index (χ0n) is 18.4. The molecule has 7 nitrogen and oxygen atoms in total. The van der Waals surface area contributed by atoms with E-state index in [1.165, 1.54) is 5.69 Å². The first kappa shape index (κ1) is 22.7. The van der Waals surface area contributed by atoms with Crippen molar-refractivity contribution in [1.82, 2.24) is 15.1 Å². The van der Waals surface area contributed by atoms with Crippen LogP contribution in [0, 0.1) is 5.92 Å². The van der Waals surface area contributed by atoms with Crippen LogP contribution in [0.15, 0.2) is 23.2 Å². The molecule has 1 atom stereocenters. The largest absolute Gasteiger partial charge is 0.466 e. The number of halogens is 1. The quantitative estimate of drug-likeness (QED) is 0.435. The lowest BCUT2D eigenvalue weighted by Gasteiger charge is -2.36. The molecule has 1 aromatic carbocycles. The van der Waals surface area contributed by atoms with Gasteiger partial charge < -0.3 is 24.8 Å². The molecule has 0 bridgehead atoms. The normalized spacial score (nSPS) is 20.9. The fourth-order valence-corrected chi connectivity index (χ4v) is 4.42. The third kappa shape index (κ3) is 5.58. The molecule has 0 aliphatic carbocycles. The molecule has 2 aliphatic rings. The highest BCUT2D eigenvalue weighted by Crippen LogP contribution is 2.28. The van der Waals surface area contributed by atoms with Gasteiger partial charge in [-0.25, -0.2) is 0 Å². The zero-order valence-corrected chi connectivity index (χ0v) is 19.1. The SMILES string of the molecule is CCOC(=O)C1CCCN(C(=NC)NCc2c(Cl)cccc2N2CCN(C)CC2)C1. The number of benzene rings is 1. The molecule has 2 heterocycles. The van der Waals surface area contributed by atoms with Crippen LogP contribution in [0.25, 0.3) is 0 Å². The molecule has 2 fully saturated rings. The summed E-state index contributed by atoms with van der Waals surface area (Å²) >= 11 is 6.60. The Kier molecular flexibility index (Phi) is 8.22. The van der Waals surface area contributed by atoms with Crippen LogP contribution >= 0.6 is 11.6 Å². The highest BCUT2D eigenvalue weighted by atomic mass is 35.5. The van der Waals surface area contributed by atoms with Gasteiger partial charge in [-0.15, -0.1) is 0 Å². The summed E-state index contributed by atoms with van der Waals surface area (Å²) in [7, 11) is 3.94. The average Bonchev–Trinajstić information content (AvgIpc) is 2.76. The molecule has 0 radical (unpaired) electrons. The van der Waals surface area contributed by atoms with Gasteiger partial charge in [-0.2, -0.15) is 0 Å². The summed E-state index contributed by atoms with van der Waals surface area (Å²) in [6.07, 6.45) is 1.81. The van der Waals surface area contributed by atoms with Gasteiger partial charge in [-0.1, -0.05) is 17.7 Å². The number of hydrogen-bond acceptors (Lipinski definition) is 5. The molecule has 1 N–H and O–H groups in total. The maximum Gasteiger partial charge on any atom is 0.310 e. The monoisotopic (exact) mass is 435 g/mol. The van der Waals surface area contributed by atoms with Crippen molar-refractivity contribution in [2.75, 3.05) is 64.9 Å². The summed E-state index contributed by atoms with van der Waals surface area (Å²) in [6, 6.07) is 6.11. The number of esters is 1. The average molecular weight is 436 g/mol. The van der Waals surface area contributed by atoms with Crippen LogP contribution in [0.3, 0.4) is 0 Å². The standard InChI is InChI=1S/C22H34ClN5O2/c1-4-30-21(29)17-7-6-10-28(16-17)22(24-2)25-15-18-19(23)8-5-9-20(18)27-13-11-26(3)12-14-27/h5,8-9,17H,4,6-7,10-16H2,1-3H3,(H,24,25). The third-order valence-corrected chi connectivity index (χ3v) is 6.27. The van der Waals surface area contributed by atoms with E-state index in [0.29, 0.717) is 19.7 Å². The number of nitrogens with one attached hydrogen (secondary N) is 1. The molecule has 8 heteroatoms. The predicted octanol–water partition coefficient (Wildman–Crippen LogP) is 2.44. The number of anilines is 1. The van der Waals surface area contributed by atoms with Crippen molar-refractivity contribution in [1.29, 1.82) is 0 Å². The summed E-state index contributed by atoms with van der Waals surface area (Å²) in [6.45, 7) is 8.45. The fraction of sp³-hybridized carbons (Fsp3) is 0.636. The Labute approximate surface area is 185 Å². The molecule has 2 saturated heterocycles. The summed E-state index contributed by atoms with van der Waals surface area (Å²) in [5.41, 5.74) is 2.27.